The Morgan fingerprint density at radius 3 is 2.90 bits per heavy atom. The minimum atomic E-state index is -4.40. The lowest BCUT2D eigenvalue weighted by atomic mass is 9.92. The van der Waals surface area contributed by atoms with E-state index < -0.39 is 24.4 Å². The number of fused-ring (bicyclic) bond motifs is 2. The summed E-state index contributed by atoms with van der Waals surface area (Å²) in [5.41, 5.74) is 1.55. The molecular weight excluding hydrogens is 285 g/mol. The predicted molar refractivity (Wildman–Crippen MR) is 68.6 cm³/mol. The Morgan fingerprint density at radius 1 is 1.38 bits per heavy atom. The highest BCUT2D eigenvalue weighted by Gasteiger charge is 2.46. The molecule has 3 rings (SSSR count). The standard InChI is InChI=1S/C14H15F3N2O2/c15-14(16,17)8-18-12(20)19-6-5-13(9-19)11-4-2-1-3-10(11)7-21-13/h1-4H,5-9H2,(H,18,20)/t13-/m0/s1. The zero-order valence-corrected chi connectivity index (χ0v) is 11.2. The number of benzene rings is 1. The fraction of sp³-hybridized carbons (Fsp3) is 0.500. The van der Waals surface area contributed by atoms with Crippen molar-refractivity contribution in [3.8, 4) is 0 Å². The number of amides is 2. The van der Waals surface area contributed by atoms with Gasteiger partial charge in [-0.3, -0.25) is 0 Å². The van der Waals surface area contributed by atoms with E-state index in [2.05, 4.69) is 0 Å². The second-order valence-electron chi connectivity index (χ2n) is 5.39. The van der Waals surface area contributed by atoms with Crippen LogP contribution >= 0.6 is 0 Å². The second kappa shape index (κ2) is 4.91. The molecule has 0 radical (unpaired) electrons. The molecule has 2 aliphatic rings. The van der Waals surface area contributed by atoms with Gasteiger partial charge in [0, 0.05) is 13.0 Å². The molecule has 1 aromatic carbocycles. The van der Waals surface area contributed by atoms with Crippen molar-refractivity contribution in [2.45, 2.75) is 24.8 Å². The van der Waals surface area contributed by atoms with Gasteiger partial charge in [0.1, 0.15) is 12.1 Å². The molecular formula is C14H15F3N2O2. The van der Waals surface area contributed by atoms with E-state index >= 15 is 0 Å². The van der Waals surface area contributed by atoms with E-state index in [9.17, 15) is 18.0 Å². The summed E-state index contributed by atoms with van der Waals surface area (Å²) >= 11 is 0. The lowest BCUT2D eigenvalue weighted by molar-refractivity contribution is -0.123. The molecule has 2 heterocycles. The fourth-order valence-electron chi connectivity index (χ4n) is 2.96. The maximum absolute atomic E-state index is 12.1. The number of hydrogen-bond acceptors (Lipinski definition) is 2. The van der Waals surface area contributed by atoms with Crippen LogP contribution in [0.15, 0.2) is 24.3 Å². The van der Waals surface area contributed by atoms with Crippen molar-refractivity contribution in [3.63, 3.8) is 0 Å². The third-order valence-electron chi connectivity index (χ3n) is 3.97. The van der Waals surface area contributed by atoms with Crippen molar-refractivity contribution >= 4 is 6.03 Å². The zero-order chi connectivity index (χ0) is 15.1. The fourth-order valence-corrected chi connectivity index (χ4v) is 2.96. The molecule has 0 aliphatic carbocycles. The van der Waals surface area contributed by atoms with Crippen LogP contribution in [0.4, 0.5) is 18.0 Å². The third kappa shape index (κ3) is 2.70. The van der Waals surface area contributed by atoms with Gasteiger partial charge in [0.15, 0.2) is 0 Å². The van der Waals surface area contributed by atoms with Gasteiger partial charge < -0.3 is 15.0 Å². The number of urea groups is 1. The molecule has 1 N–H and O–H groups in total. The summed E-state index contributed by atoms with van der Waals surface area (Å²) in [6, 6.07) is 7.05. The summed E-state index contributed by atoms with van der Waals surface area (Å²) < 4.78 is 42.3. The molecule has 114 valence electrons. The molecule has 21 heavy (non-hydrogen) atoms. The van der Waals surface area contributed by atoms with Crippen LogP contribution in [0, 0.1) is 0 Å². The average Bonchev–Trinajstić information content (AvgIpc) is 3.02. The highest BCUT2D eigenvalue weighted by molar-refractivity contribution is 5.74. The monoisotopic (exact) mass is 300 g/mol. The van der Waals surface area contributed by atoms with E-state index in [1.165, 1.54) is 4.90 Å². The van der Waals surface area contributed by atoms with Crippen molar-refractivity contribution in [1.82, 2.24) is 10.2 Å². The van der Waals surface area contributed by atoms with Crippen LogP contribution < -0.4 is 5.32 Å². The number of nitrogens with one attached hydrogen (secondary N) is 1. The predicted octanol–water partition coefficient (Wildman–Crippen LogP) is 2.39. The number of carbonyl (C=O) groups excluding carboxylic acids is 1. The first kappa shape index (κ1) is 14.2. The molecule has 0 unspecified atom stereocenters. The summed E-state index contributed by atoms with van der Waals surface area (Å²) in [6.45, 7) is -0.160. The first-order valence-electron chi connectivity index (χ1n) is 6.72. The molecule has 0 aromatic heterocycles. The molecule has 1 fully saturated rings. The quantitative estimate of drug-likeness (QED) is 0.865. The molecule has 1 spiro atoms. The van der Waals surface area contributed by atoms with Gasteiger partial charge in [-0.2, -0.15) is 13.2 Å². The van der Waals surface area contributed by atoms with Crippen molar-refractivity contribution < 1.29 is 22.7 Å². The number of rotatable bonds is 1. The van der Waals surface area contributed by atoms with E-state index in [1.54, 1.807) is 0 Å². The highest BCUT2D eigenvalue weighted by atomic mass is 19.4. The van der Waals surface area contributed by atoms with Crippen LogP contribution in [0.3, 0.4) is 0 Å². The lowest BCUT2D eigenvalue weighted by Gasteiger charge is -2.25. The number of ether oxygens (including phenoxy) is 1. The molecule has 7 heteroatoms. The van der Waals surface area contributed by atoms with E-state index in [1.807, 2.05) is 29.6 Å². The Morgan fingerprint density at radius 2 is 2.14 bits per heavy atom. The van der Waals surface area contributed by atoms with Crippen LogP contribution in [0.25, 0.3) is 0 Å². The minimum Gasteiger partial charge on any atom is -0.364 e. The van der Waals surface area contributed by atoms with Gasteiger partial charge in [-0.05, 0) is 11.1 Å². The first-order valence-corrected chi connectivity index (χ1v) is 6.72. The molecule has 2 amide bonds. The molecule has 0 saturated carbocycles. The second-order valence-corrected chi connectivity index (χ2v) is 5.39. The average molecular weight is 300 g/mol. The summed E-state index contributed by atoms with van der Waals surface area (Å²) in [5.74, 6) is 0. The van der Waals surface area contributed by atoms with Crippen LogP contribution in [-0.2, 0) is 16.9 Å². The Bertz CT molecular complexity index is 561. The normalized spacial score (nSPS) is 24.4. The highest BCUT2D eigenvalue weighted by Crippen LogP contribution is 2.43. The molecule has 1 atom stereocenters. The summed E-state index contributed by atoms with van der Waals surface area (Å²) in [6.07, 6.45) is -3.80. The molecule has 2 aliphatic heterocycles. The van der Waals surface area contributed by atoms with Crippen LogP contribution in [0.2, 0.25) is 0 Å². The Kier molecular flexibility index (Phi) is 3.32. The van der Waals surface area contributed by atoms with E-state index in [0.29, 0.717) is 19.6 Å². The SMILES string of the molecule is O=C(NCC(F)(F)F)N1CC[C@@]2(C1)OCc1ccccc12. The van der Waals surface area contributed by atoms with Crippen molar-refractivity contribution in [2.75, 3.05) is 19.6 Å². The van der Waals surface area contributed by atoms with Crippen molar-refractivity contribution in [1.29, 1.82) is 0 Å². The first-order chi connectivity index (χ1) is 9.90. The van der Waals surface area contributed by atoms with Gasteiger partial charge in [-0.1, -0.05) is 24.3 Å². The maximum atomic E-state index is 12.1. The number of halogens is 3. The minimum absolute atomic E-state index is 0.285. The van der Waals surface area contributed by atoms with Gasteiger partial charge in [0.05, 0.1) is 13.2 Å². The van der Waals surface area contributed by atoms with Gasteiger partial charge >= 0.3 is 12.2 Å². The smallest absolute Gasteiger partial charge is 0.364 e. The number of carbonyl (C=O) groups is 1. The van der Waals surface area contributed by atoms with E-state index in [-0.39, 0.29) is 6.54 Å². The van der Waals surface area contributed by atoms with Gasteiger partial charge in [0.2, 0.25) is 0 Å². The van der Waals surface area contributed by atoms with Gasteiger partial charge in [-0.25, -0.2) is 4.79 Å². The molecule has 4 nitrogen and oxygen atoms in total. The largest absolute Gasteiger partial charge is 0.405 e. The number of hydrogen-bond donors (Lipinski definition) is 1. The van der Waals surface area contributed by atoms with Crippen molar-refractivity contribution in [3.05, 3.63) is 35.4 Å². The van der Waals surface area contributed by atoms with Crippen molar-refractivity contribution in [2.24, 2.45) is 0 Å². The number of nitrogens with zero attached hydrogens (tertiary/aromatic N) is 1. The maximum Gasteiger partial charge on any atom is 0.405 e. The number of alkyl halides is 3. The van der Waals surface area contributed by atoms with Crippen LogP contribution in [0.1, 0.15) is 17.5 Å². The lowest BCUT2D eigenvalue weighted by Crippen LogP contribution is -2.44. The Labute approximate surface area is 119 Å². The molecule has 1 aromatic rings. The Hall–Kier alpha value is -1.76. The van der Waals surface area contributed by atoms with Gasteiger partial charge in [0.25, 0.3) is 0 Å². The van der Waals surface area contributed by atoms with E-state index in [0.717, 1.165) is 11.1 Å². The topological polar surface area (TPSA) is 41.6 Å². The molecule has 1 saturated heterocycles. The Balaban J connectivity index is 1.68. The van der Waals surface area contributed by atoms with Gasteiger partial charge in [-0.15, -0.1) is 0 Å². The van der Waals surface area contributed by atoms with Crippen LogP contribution in [-0.4, -0.2) is 36.7 Å². The summed E-state index contributed by atoms with van der Waals surface area (Å²) in [4.78, 5) is 13.2. The number of likely N-dealkylation sites (tertiary alicyclic amines) is 1. The van der Waals surface area contributed by atoms with Crippen LogP contribution in [0.5, 0.6) is 0 Å². The summed E-state index contributed by atoms with van der Waals surface area (Å²) in [7, 11) is 0. The third-order valence-corrected chi connectivity index (χ3v) is 3.97. The molecule has 0 bridgehead atoms. The van der Waals surface area contributed by atoms with E-state index in [4.69, 9.17) is 4.74 Å². The summed E-state index contributed by atoms with van der Waals surface area (Å²) in [5, 5.41) is 1.90. The zero-order valence-electron chi connectivity index (χ0n) is 11.2.